The van der Waals surface area contributed by atoms with E-state index in [0.717, 1.165) is 18.8 Å². The van der Waals surface area contributed by atoms with Crippen LogP contribution in [0.1, 0.15) is 39.5 Å². The fourth-order valence-electron chi connectivity index (χ4n) is 3.23. The molecule has 1 aliphatic carbocycles. The molecule has 0 atom stereocenters. The van der Waals surface area contributed by atoms with E-state index in [0.29, 0.717) is 19.1 Å². The second kappa shape index (κ2) is 6.22. The first kappa shape index (κ1) is 16.1. The minimum Gasteiger partial charge on any atom is -0.480 e. The van der Waals surface area contributed by atoms with Crippen LogP contribution < -0.4 is 0 Å². The number of urea groups is 1. The van der Waals surface area contributed by atoms with Gasteiger partial charge in [0.2, 0.25) is 0 Å². The van der Waals surface area contributed by atoms with E-state index in [1.54, 1.807) is 4.90 Å². The third-order valence-corrected chi connectivity index (χ3v) is 4.70. The quantitative estimate of drug-likeness (QED) is 0.859. The first-order chi connectivity index (χ1) is 9.81. The van der Waals surface area contributed by atoms with E-state index in [2.05, 4.69) is 6.92 Å². The summed E-state index contributed by atoms with van der Waals surface area (Å²) in [6.07, 6.45) is 4.51. The highest BCUT2D eigenvalue weighted by Crippen LogP contribution is 2.30. The fraction of sp³-hybridized carbons (Fsp3) is 0.867. The smallest absolute Gasteiger partial charge is 0.329 e. The van der Waals surface area contributed by atoms with Crippen LogP contribution >= 0.6 is 0 Å². The molecule has 0 spiro atoms. The molecule has 1 N–H and O–H groups in total. The minimum atomic E-state index is -0.977. The molecule has 1 heterocycles. The van der Waals surface area contributed by atoms with E-state index in [1.807, 2.05) is 18.9 Å². The Balaban J connectivity index is 1.78. The molecule has 0 aromatic carbocycles. The van der Waals surface area contributed by atoms with Crippen LogP contribution in [0.2, 0.25) is 0 Å². The number of carbonyl (C=O) groups is 2. The lowest BCUT2D eigenvalue weighted by Gasteiger charge is -2.49. The Morgan fingerprint density at radius 3 is 2.38 bits per heavy atom. The highest BCUT2D eigenvalue weighted by atomic mass is 16.5. The van der Waals surface area contributed by atoms with Crippen LogP contribution in [0.4, 0.5) is 4.79 Å². The average molecular weight is 298 g/mol. The standard InChI is InChI=1S/C15H26N2O4/c1-11-4-6-12(7-5-11)16(3)14(20)17-9-15(2,10-17)21-8-13(18)19/h11-12H,4-10H2,1-3H3,(H,18,19). The highest BCUT2D eigenvalue weighted by Gasteiger charge is 2.44. The summed E-state index contributed by atoms with van der Waals surface area (Å²) in [5.74, 6) is -0.212. The number of hydrogen-bond acceptors (Lipinski definition) is 3. The van der Waals surface area contributed by atoms with Gasteiger partial charge in [0.05, 0.1) is 13.1 Å². The molecule has 0 radical (unpaired) electrons. The highest BCUT2D eigenvalue weighted by molar-refractivity contribution is 5.76. The lowest BCUT2D eigenvalue weighted by atomic mass is 9.87. The number of carboxylic acids is 1. The van der Waals surface area contributed by atoms with Crippen molar-refractivity contribution < 1.29 is 19.4 Å². The van der Waals surface area contributed by atoms with E-state index in [9.17, 15) is 9.59 Å². The number of aliphatic carboxylic acids is 1. The van der Waals surface area contributed by atoms with Crippen molar-refractivity contribution in [3.63, 3.8) is 0 Å². The number of amides is 2. The summed E-state index contributed by atoms with van der Waals surface area (Å²) < 4.78 is 5.33. The number of likely N-dealkylation sites (tertiary alicyclic amines) is 1. The molecule has 0 unspecified atom stereocenters. The molecule has 21 heavy (non-hydrogen) atoms. The van der Waals surface area contributed by atoms with Gasteiger partial charge in [0, 0.05) is 13.1 Å². The number of rotatable bonds is 4. The maximum Gasteiger partial charge on any atom is 0.329 e. The number of carboxylic acid groups (broad SMARTS) is 1. The molecule has 1 aliphatic heterocycles. The first-order valence-electron chi connectivity index (χ1n) is 7.68. The number of hydrogen-bond donors (Lipinski definition) is 1. The molecule has 2 fully saturated rings. The third kappa shape index (κ3) is 3.87. The first-order valence-corrected chi connectivity index (χ1v) is 7.68. The van der Waals surface area contributed by atoms with E-state index in [4.69, 9.17) is 9.84 Å². The Kier molecular flexibility index (Phi) is 4.76. The van der Waals surface area contributed by atoms with Gasteiger partial charge in [-0.15, -0.1) is 0 Å². The van der Waals surface area contributed by atoms with Gasteiger partial charge in [-0.25, -0.2) is 9.59 Å². The van der Waals surface area contributed by atoms with Crippen molar-refractivity contribution >= 4 is 12.0 Å². The summed E-state index contributed by atoms with van der Waals surface area (Å²) in [7, 11) is 1.87. The zero-order valence-electron chi connectivity index (χ0n) is 13.2. The maximum atomic E-state index is 12.4. The lowest BCUT2D eigenvalue weighted by Crippen LogP contribution is -2.66. The molecule has 0 aromatic rings. The molecule has 1 saturated carbocycles. The average Bonchev–Trinajstić information content (AvgIpc) is 2.41. The molecule has 120 valence electrons. The van der Waals surface area contributed by atoms with Crippen molar-refractivity contribution in [1.29, 1.82) is 0 Å². The van der Waals surface area contributed by atoms with Crippen LogP contribution in [-0.2, 0) is 9.53 Å². The molecule has 6 nitrogen and oxygen atoms in total. The second-order valence-electron chi connectivity index (χ2n) is 6.80. The largest absolute Gasteiger partial charge is 0.480 e. The minimum absolute atomic E-state index is 0.0333. The molecule has 6 heteroatoms. The van der Waals surface area contributed by atoms with Gasteiger partial charge in [0.15, 0.2) is 0 Å². The van der Waals surface area contributed by atoms with Crippen molar-refractivity contribution in [2.45, 2.75) is 51.2 Å². The number of ether oxygens (including phenoxy) is 1. The Morgan fingerprint density at radius 1 is 1.29 bits per heavy atom. The van der Waals surface area contributed by atoms with Crippen LogP contribution in [0.25, 0.3) is 0 Å². The molecule has 0 bridgehead atoms. The predicted molar refractivity (Wildman–Crippen MR) is 78.1 cm³/mol. The van der Waals surface area contributed by atoms with Gasteiger partial charge >= 0.3 is 12.0 Å². The van der Waals surface area contributed by atoms with E-state index in [-0.39, 0.29) is 12.6 Å². The van der Waals surface area contributed by atoms with Gasteiger partial charge in [0.1, 0.15) is 12.2 Å². The Morgan fingerprint density at radius 2 is 1.86 bits per heavy atom. The molecule has 2 aliphatic rings. The third-order valence-electron chi connectivity index (χ3n) is 4.70. The fourth-order valence-corrected chi connectivity index (χ4v) is 3.23. The van der Waals surface area contributed by atoms with Crippen LogP contribution in [-0.4, -0.2) is 65.3 Å². The molecule has 0 aromatic heterocycles. The number of nitrogens with zero attached hydrogens (tertiary/aromatic N) is 2. The van der Waals surface area contributed by atoms with Crippen molar-refractivity contribution in [3.05, 3.63) is 0 Å². The van der Waals surface area contributed by atoms with Crippen molar-refractivity contribution in [2.75, 3.05) is 26.7 Å². The maximum absolute atomic E-state index is 12.4. The normalized spacial score (nSPS) is 27.9. The van der Waals surface area contributed by atoms with E-state index >= 15 is 0 Å². The summed E-state index contributed by atoms with van der Waals surface area (Å²) in [4.78, 5) is 26.5. The predicted octanol–water partition coefficient (Wildman–Crippen LogP) is 1.79. The topological polar surface area (TPSA) is 70.1 Å². The summed E-state index contributed by atoms with van der Waals surface area (Å²) in [6, 6.07) is 0.367. The van der Waals surface area contributed by atoms with E-state index in [1.165, 1.54) is 12.8 Å². The summed E-state index contributed by atoms with van der Waals surface area (Å²) in [5, 5.41) is 8.64. The molecular weight excluding hydrogens is 272 g/mol. The second-order valence-corrected chi connectivity index (χ2v) is 6.80. The van der Waals surface area contributed by atoms with Gasteiger partial charge in [-0.05, 0) is 38.5 Å². The van der Waals surface area contributed by atoms with Crippen molar-refractivity contribution in [1.82, 2.24) is 9.80 Å². The Labute approximate surface area is 126 Å². The summed E-state index contributed by atoms with van der Waals surface area (Å²) >= 11 is 0. The number of carbonyl (C=O) groups excluding carboxylic acids is 1. The van der Waals surface area contributed by atoms with E-state index < -0.39 is 11.6 Å². The van der Waals surface area contributed by atoms with Gasteiger partial charge in [0.25, 0.3) is 0 Å². The van der Waals surface area contributed by atoms with Crippen LogP contribution in [0.5, 0.6) is 0 Å². The van der Waals surface area contributed by atoms with Gasteiger partial charge in [-0.1, -0.05) is 6.92 Å². The Hall–Kier alpha value is -1.30. The monoisotopic (exact) mass is 298 g/mol. The SMILES string of the molecule is CC1CCC(N(C)C(=O)N2CC(C)(OCC(=O)O)C2)CC1. The van der Waals surface area contributed by atoms with Crippen LogP contribution in [0, 0.1) is 5.92 Å². The van der Waals surface area contributed by atoms with Gasteiger partial charge in [-0.3, -0.25) is 0 Å². The molecule has 2 amide bonds. The Bertz CT molecular complexity index is 398. The lowest BCUT2D eigenvalue weighted by molar-refractivity contribution is -0.160. The molecule has 1 saturated heterocycles. The zero-order chi connectivity index (χ0) is 15.6. The van der Waals surface area contributed by atoms with Crippen LogP contribution in [0.15, 0.2) is 0 Å². The van der Waals surface area contributed by atoms with Gasteiger partial charge < -0.3 is 19.6 Å². The molecule has 2 rings (SSSR count). The van der Waals surface area contributed by atoms with Gasteiger partial charge in [-0.2, -0.15) is 0 Å². The van der Waals surface area contributed by atoms with Crippen molar-refractivity contribution in [2.24, 2.45) is 5.92 Å². The van der Waals surface area contributed by atoms with Crippen LogP contribution in [0.3, 0.4) is 0 Å². The zero-order valence-corrected chi connectivity index (χ0v) is 13.2. The molecular formula is C15H26N2O4. The summed E-state index contributed by atoms with van der Waals surface area (Å²) in [5.41, 5.74) is -0.518. The van der Waals surface area contributed by atoms with Crippen molar-refractivity contribution in [3.8, 4) is 0 Å². The summed E-state index contributed by atoms with van der Waals surface area (Å²) in [6.45, 7) is 4.73.